The number of esters is 1. The molecule has 0 unspecified atom stereocenters. The molecule has 0 bridgehead atoms. The fourth-order valence-corrected chi connectivity index (χ4v) is 11.6. The first kappa shape index (κ1) is 26.4. The average molecular weight is 499 g/mol. The molecule has 5 fully saturated rings. The van der Waals surface area contributed by atoms with Crippen LogP contribution in [-0.2, 0) is 14.3 Å². The first-order valence-corrected chi connectivity index (χ1v) is 14.7. The van der Waals surface area contributed by atoms with Crippen molar-refractivity contribution < 1.29 is 19.4 Å². The summed E-state index contributed by atoms with van der Waals surface area (Å²) in [5, 5.41) is 10.4. The quantitative estimate of drug-likeness (QED) is 0.344. The Labute approximate surface area is 219 Å². The number of carbonyl (C=O) groups is 2. The molecule has 0 spiro atoms. The smallest absolute Gasteiger partial charge is 0.302 e. The number of Topliss-reactive ketones (excluding diaryl/α,β-unsaturated/α-hetero) is 1. The van der Waals surface area contributed by atoms with Gasteiger partial charge in [-0.25, -0.2) is 0 Å². The highest BCUT2D eigenvalue weighted by Gasteiger charge is 2.71. The summed E-state index contributed by atoms with van der Waals surface area (Å²) in [5.74, 6) is 2.64. The van der Waals surface area contributed by atoms with E-state index in [0.29, 0.717) is 36.7 Å². The van der Waals surface area contributed by atoms with E-state index in [1.807, 2.05) is 6.92 Å². The van der Waals surface area contributed by atoms with Crippen molar-refractivity contribution in [2.75, 3.05) is 13.2 Å². The van der Waals surface area contributed by atoms with E-state index in [1.165, 1.54) is 31.3 Å². The van der Waals surface area contributed by atoms with E-state index in [4.69, 9.17) is 4.74 Å². The Balaban J connectivity index is 1.53. The van der Waals surface area contributed by atoms with Crippen molar-refractivity contribution in [2.24, 2.45) is 56.7 Å². The minimum Gasteiger partial charge on any atom is -0.465 e. The molecule has 10 atom stereocenters. The number of ether oxygens (including phenoxy) is 1. The molecule has 0 heterocycles. The van der Waals surface area contributed by atoms with Crippen molar-refractivity contribution in [1.29, 1.82) is 0 Å². The number of aliphatic hydroxyl groups excluding tert-OH is 1. The van der Waals surface area contributed by atoms with E-state index in [2.05, 4.69) is 34.3 Å². The molecular weight excluding hydrogens is 448 g/mol. The molecule has 0 aliphatic heterocycles. The number of carbonyl (C=O) groups excluding carboxylic acids is 2. The van der Waals surface area contributed by atoms with E-state index in [9.17, 15) is 14.7 Å². The minimum absolute atomic E-state index is 0.0174. The SMILES string of the molecule is C=C(C)[C@@H]1CC[C@]2(COC(C)=O)CC[C@]3(C)[C@H](CC[C@@H]4[C@@]5(C)CCC(=O)[C@](C)(CO)[C@@H]5CC[C@]43C)[C@@H]12. The van der Waals surface area contributed by atoms with Gasteiger partial charge in [0.25, 0.3) is 0 Å². The molecule has 0 aromatic heterocycles. The Hall–Kier alpha value is -1.16. The molecule has 5 aliphatic carbocycles. The lowest BCUT2D eigenvalue weighted by molar-refractivity contribution is -0.240. The van der Waals surface area contributed by atoms with Crippen LogP contribution in [0.2, 0.25) is 0 Å². The normalized spacial score (nSPS) is 52.0. The van der Waals surface area contributed by atoms with Crippen LogP contribution in [0.4, 0.5) is 0 Å². The molecule has 5 aliphatic rings. The molecule has 5 rings (SSSR count). The van der Waals surface area contributed by atoms with Gasteiger partial charge in [-0.15, -0.1) is 0 Å². The predicted molar refractivity (Wildman–Crippen MR) is 142 cm³/mol. The molecule has 4 heteroatoms. The Morgan fingerprint density at radius 2 is 1.67 bits per heavy atom. The van der Waals surface area contributed by atoms with Crippen LogP contribution in [0.1, 0.15) is 106 Å². The van der Waals surface area contributed by atoms with Gasteiger partial charge < -0.3 is 9.84 Å². The van der Waals surface area contributed by atoms with Crippen molar-refractivity contribution in [3.8, 4) is 0 Å². The van der Waals surface area contributed by atoms with Gasteiger partial charge in [-0.1, -0.05) is 39.8 Å². The molecular formula is C32H50O4. The highest BCUT2D eigenvalue weighted by molar-refractivity contribution is 5.86. The monoisotopic (exact) mass is 498 g/mol. The van der Waals surface area contributed by atoms with E-state index < -0.39 is 5.41 Å². The maximum Gasteiger partial charge on any atom is 0.302 e. The van der Waals surface area contributed by atoms with Gasteiger partial charge in [0, 0.05) is 18.8 Å². The largest absolute Gasteiger partial charge is 0.465 e. The summed E-state index contributed by atoms with van der Waals surface area (Å²) in [4.78, 5) is 24.9. The maximum atomic E-state index is 13.0. The van der Waals surface area contributed by atoms with Crippen LogP contribution in [0.15, 0.2) is 12.2 Å². The highest BCUT2D eigenvalue weighted by Crippen LogP contribution is 2.77. The second-order valence-electron chi connectivity index (χ2n) is 14.8. The van der Waals surface area contributed by atoms with Crippen LogP contribution in [0.25, 0.3) is 0 Å². The number of fused-ring (bicyclic) bond motifs is 7. The van der Waals surface area contributed by atoms with E-state index >= 15 is 0 Å². The zero-order valence-electron chi connectivity index (χ0n) is 23.8. The Morgan fingerprint density at radius 3 is 2.31 bits per heavy atom. The van der Waals surface area contributed by atoms with Crippen molar-refractivity contribution in [2.45, 2.75) is 106 Å². The molecule has 0 aromatic carbocycles. The van der Waals surface area contributed by atoms with Crippen LogP contribution < -0.4 is 0 Å². The van der Waals surface area contributed by atoms with Gasteiger partial charge in [-0.2, -0.15) is 0 Å². The summed E-state index contributed by atoms with van der Waals surface area (Å²) in [6.07, 6.45) is 10.9. The summed E-state index contributed by atoms with van der Waals surface area (Å²) in [5.41, 5.74) is 1.35. The Bertz CT molecular complexity index is 956. The highest BCUT2D eigenvalue weighted by atomic mass is 16.5. The fourth-order valence-electron chi connectivity index (χ4n) is 11.6. The molecule has 5 saturated carbocycles. The van der Waals surface area contributed by atoms with E-state index in [-0.39, 0.29) is 45.9 Å². The summed E-state index contributed by atoms with van der Waals surface area (Å²) >= 11 is 0. The first-order valence-electron chi connectivity index (χ1n) is 14.7. The third kappa shape index (κ3) is 3.27. The molecule has 4 nitrogen and oxygen atoms in total. The zero-order valence-corrected chi connectivity index (χ0v) is 23.8. The summed E-state index contributed by atoms with van der Waals surface area (Å²) in [7, 11) is 0. The van der Waals surface area contributed by atoms with Crippen LogP contribution in [-0.4, -0.2) is 30.1 Å². The van der Waals surface area contributed by atoms with Crippen LogP contribution >= 0.6 is 0 Å². The van der Waals surface area contributed by atoms with Gasteiger partial charge in [0.1, 0.15) is 5.78 Å². The number of rotatable bonds is 4. The molecule has 0 saturated heterocycles. The van der Waals surface area contributed by atoms with Gasteiger partial charge in [0.15, 0.2) is 0 Å². The molecule has 0 radical (unpaired) electrons. The number of aliphatic hydroxyl groups is 1. The maximum absolute atomic E-state index is 13.0. The summed E-state index contributed by atoms with van der Waals surface area (Å²) < 4.78 is 5.77. The van der Waals surface area contributed by atoms with Gasteiger partial charge in [0.2, 0.25) is 0 Å². The van der Waals surface area contributed by atoms with Crippen molar-refractivity contribution in [3.05, 3.63) is 12.2 Å². The first-order chi connectivity index (χ1) is 16.8. The molecule has 0 amide bonds. The lowest BCUT2D eigenvalue weighted by atomic mass is 9.32. The van der Waals surface area contributed by atoms with Gasteiger partial charge in [-0.05, 0) is 111 Å². The number of ketones is 1. The van der Waals surface area contributed by atoms with Gasteiger partial charge >= 0.3 is 5.97 Å². The van der Waals surface area contributed by atoms with Crippen molar-refractivity contribution in [3.63, 3.8) is 0 Å². The van der Waals surface area contributed by atoms with Crippen LogP contribution in [0.3, 0.4) is 0 Å². The third-order valence-corrected chi connectivity index (χ3v) is 13.7. The summed E-state index contributed by atoms with van der Waals surface area (Å²) in [6, 6.07) is 0. The second kappa shape index (κ2) is 8.42. The predicted octanol–water partition coefficient (Wildman–Crippen LogP) is 6.75. The second-order valence-corrected chi connectivity index (χ2v) is 14.8. The van der Waals surface area contributed by atoms with Gasteiger partial charge in [0.05, 0.1) is 18.6 Å². The Morgan fingerprint density at radius 1 is 0.944 bits per heavy atom. The fraction of sp³-hybridized carbons (Fsp3) is 0.875. The van der Waals surface area contributed by atoms with Crippen molar-refractivity contribution >= 4 is 11.8 Å². The standard InChI is InChI=1S/C32H50O4/c1-20(2)22-10-15-32(19-36-21(3)34)17-16-30(6)23(27(22)32)8-9-25-28(4)13-12-26(35)29(5,18-33)24(28)11-14-31(25,30)7/h22-25,27,33H,1,8-19H2,2-7H3/t22-,23+,24+,25+,27+,28-,29+,30+,31+,32+/m0/s1. The molecule has 0 aromatic rings. The molecule has 202 valence electrons. The van der Waals surface area contributed by atoms with Crippen LogP contribution in [0, 0.1) is 56.7 Å². The average Bonchev–Trinajstić information content (AvgIpc) is 3.21. The lowest BCUT2D eigenvalue weighted by Crippen LogP contribution is -2.67. The number of hydrogen-bond acceptors (Lipinski definition) is 4. The third-order valence-electron chi connectivity index (χ3n) is 13.7. The Kier molecular flexibility index (Phi) is 6.18. The molecule has 1 N–H and O–H groups in total. The van der Waals surface area contributed by atoms with E-state index in [1.54, 1.807) is 6.92 Å². The van der Waals surface area contributed by atoms with Crippen LogP contribution in [0.5, 0.6) is 0 Å². The van der Waals surface area contributed by atoms with Gasteiger partial charge in [-0.3, -0.25) is 9.59 Å². The lowest BCUT2D eigenvalue weighted by Gasteiger charge is -2.72. The van der Waals surface area contributed by atoms with E-state index in [0.717, 1.165) is 32.1 Å². The zero-order chi connectivity index (χ0) is 26.3. The number of hydrogen-bond donors (Lipinski definition) is 1. The van der Waals surface area contributed by atoms with Crippen molar-refractivity contribution in [1.82, 2.24) is 0 Å². The summed E-state index contributed by atoms with van der Waals surface area (Å²) in [6.45, 7) is 18.5. The number of allylic oxidation sites excluding steroid dienone is 1. The topological polar surface area (TPSA) is 63.6 Å². The molecule has 36 heavy (non-hydrogen) atoms. The minimum atomic E-state index is -0.589.